The van der Waals surface area contributed by atoms with Crippen LogP contribution in [0.4, 0.5) is 0 Å². The lowest BCUT2D eigenvalue weighted by Gasteiger charge is -2.21. The van der Waals surface area contributed by atoms with E-state index < -0.39 is 0 Å². The average molecular weight is 337 g/mol. The van der Waals surface area contributed by atoms with E-state index in [1.165, 1.54) is 5.56 Å². The van der Waals surface area contributed by atoms with E-state index in [0.717, 1.165) is 47.0 Å². The molecule has 0 aliphatic carbocycles. The monoisotopic (exact) mass is 337 g/mol. The number of methoxy groups -OCH3 is 1. The number of carbonyl (C=O) groups is 1. The van der Waals surface area contributed by atoms with E-state index in [1.54, 1.807) is 13.2 Å². The molecule has 0 aromatic heterocycles. The Morgan fingerprint density at radius 3 is 2.72 bits per heavy atom. The van der Waals surface area contributed by atoms with E-state index in [1.807, 2.05) is 36.4 Å². The first kappa shape index (κ1) is 15.6. The molecule has 5 heteroatoms. The van der Waals surface area contributed by atoms with Crippen LogP contribution >= 0.6 is 0 Å². The minimum absolute atomic E-state index is 0.0539. The molecule has 128 valence electrons. The highest BCUT2D eigenvalue weighted by atomic mass is 16.7. The van der Waals surface area contributed by atoms with Gasteiger partial charge in [0.25, 0.3) is 0 Å². The van der Waals surface area contributed by atoms with Crippen LogP contribution in [-0.2, 0) is 17.6 Å². The second-order valence-corrected chi connectivity index (χ2v) is 6.09. The van der Waals surface area contributed by atoms with Crippen molar-refractivity contribution in [3.05, 3.63) is 59.2 Å². The van der Waals surface area contributed by atoms with Gasteiger partial charge in [0.2, 0.25) is 6.79 Å². The van der Waals surface area contributed by atoms with Gasteiger partial charge in [0.05, 0.1) is 7.11 Å². The van der Waals surface area contributed by atoms with Crippen molar-refractivity contribution in [2.75, 3.05) is 20.4 Å². The fraction of sp³-hybridized carbons (Fsp3) is 0.250. The van der Waals surface area contributed by atoms with Crippen molar-refractivity contribution in [3.63, 3.8) is 0 Å². The summed E-state index contributed by atoms with van der Waals surface area (Å²) in [7, 11) is 1.63. The summed E-state index contributed by atoms with van der Waals surface area (Å²) in [6, 6.07) is 11.5. The Morgan fingerprint density at radius 1 is 1.20 bits per heavy atom. The molecule has 0 saturated heterocycles. The maximum Gasteiger partial charge on any atom is 0.231 e. The number of ether oxygens (including phenoxy) is 3. The SMILES string of the molecule is COc1ccc(CC(=O)C=C2NCCc3cc4c(cc32)OCO4)cc1. The predicted octanol–water partition coefficient (Wildman–Crippen LogP) is 2.72. The fourth-order valence-corrected chi connectivity index (χ4v) is 3.15. The van der Waals surface area contributed by atoms with Crippen LogP contribution in [0.1, 0.15) is 16.7 Å². The molecule has 0 spiro atoms. The topological polar surface area (TPSA) is 56.8 Å². The molecule has 0 unspecified atom stereocenters. The smallest absolute Gasteiger partial charge is 0.231 e. The van der Waals surface area contributed by atoms with Crippen LogP contribution in [0.3, 0.4) is 0 Å². The largest absolute Gasteiger partial charge is 0.497 e. The zero-order valence-electron chi connectivity index (χ0n) is 14.0. The van der Waals surface area contributed by atoms with Crippen LogP contribution in [0.5, 0.6) is 17.2 Å². The number of nitrogens with one attached hydrogen (secondary N) is 1. The summed E-state index contributed by atoms with van der Waals surface area (Å²) in [6.45, 7) is 1.05. The summed E-state index contributed by atoms with van der Waals surface area (Å²) in [5.41, 5.74) is 3.99. The number of carbonyl (C=O) groups excluding carboxylic acids is 1. The fourth-order valence-electron chi connectivity index (χ4n) is 3.15. The van der Waals surface area contributed by atoms with Crippen LogP contribution in [0, 0.1) is 0 Å². The van der Waals surface area contributed by atoms with Crippen molar-refractivity contribution in [3.8, 4) is 17.2 Å². The van der Waals surface area contributed by atoms with Gasteiger partial charge in [-0.3, -0.25) is 4.79 Å². The number of fused-ring (bicyclic) bond motifs is 2. The Kier molecular flexibility index (Phi) is 4.06. The van der Waals surface area contributed by atoms with Gasteiger partial charge in [-0.2, -0.15) is 0 Å². The van der Waals surface area contributed by atoms with Crippen molar-refractivity contribution in [2.24, 2.45) is 0 Å². The summed E-state index contributed by atoms with van der Waals surface area (Å²) in [6.07, 6.45) is 2.94. The molecule has 0 saturated carbocycles. The summed E-state index contributed by atoms with van der Waals surface area (Å²) >= 11 is 0. The number of ketones is 1. The minimum Gasteiger partial charge on any atom is -0.497 e. The van der Waals surface area contributed by atoms with Crippen LogP contribution in [-0.4, -0.2) is 26.2 Å². The van der Waals surface area contributed by atoms with E-state index in [2.05, 4.69) is 5.32 Å². The molecule has 0 amide bonds. The highest BCUT2D eigenvalue weighted by molar-refractivity contribution is 5.98. The molecular weight excluding hydrogens is 318 g/mol. The number of hydrogen-bond donors (Lipinski definition) is 1. The van der Waals surface area contributed by atoms with Gasteiger partial charge in [-0.15, -0.1) is 0 Å². The van der Waals surface area contributed by atoms with E-state index >= 15 is 0 Å². The van der Waals surface area contributed by atoms with Crippen LogP contribution in [0.15, 0.2) is 42.5 Å². The van der Waals surface area contributed by atoms with Gasteiger partial charge in [-0.1, -0.05) is 12.1 Å². The Balaban J connectivity index is 1.56. The molecule has 2 heterocycles. The molecule has 5 nitrogen and oxygen atoms in total. The third-order valence-corrected chi connectivity index (χ3v) is 4.44. The Labute approximate surface area is 146 Å². The number of hydrogen-bond acceptors (Lipinski definition) is 5. The molecule has 2 aliphatic heterocycles. The zero-order chi connectivity index (χ0) is 17.2. The van der Waals surface area contributed by atoms with E-state index in [-0.39, 0.29) is 12.6 Å². The summed E-state index contributed by atoms with van der Waals surface area (Å²) in [5.74, 6) is 2.35. The molecule has 4 rings (SSSR count). The first-order valence-electron chi connectivity index (χ1n) is 8.27. The number of allylic oxidation sites excluding steroid dienone is 1. The first-order valence-corrected chi connectivity index (χ1v) is 8.27. The molecular formula is C20H19NO4. The number of benzene rings is 2. The highest BCUT2D eigenvalue weighted by Gasteiger charge is 2.22. The standard InChI is InChI=1S/C20H19NO4/c1-23-16-4-2-13(3-5-16)8-15(22)10-18-17-11-20-19(24-12-25-20)9-14(17)6-7-21-18/h2-5,9-11,21H,6-8,12H2,1H3. The van der Waals surface area contributed by atoms with Gasteiger partial charge in [0.15, 0.2) is 17.3 Å². The normalized spacial score (nSPS) is 16.3. The maximum absolute atomic E-state index is 12.5. The van der Waals surface area contributed by atoms with Gasteiger partial charge in [0, 0.05) is 30.3 Å². The van der Waals surface area contributed by atoms with Crippen molar-refractivity contribution < 1.29 is 19.0 Å². The number of rotatable bonds is 4. The predicted molar refractivity (Wildman–Crippen MR) is 94.0 cm³/mol. The Morgan fingerprint density at radius 2 is 1.96 bits per heavy atom. The molecule has 2 aromatic rings. The lowest BCUT2D eigenvalue weighted by atomic mass is 9.96. The minimum atomic E-state index is 0.0539. The molecule has 2 aliphatic rings. The Bertz CT molecular complexity index is 840. The lowest BCUT2D eigenvalue weighted by Crippen LogP contribution is -2.23. The van der Waals surface area contributed by atoms with Crippen molar-refractivity contribution in [1.82, 2.24) is 5.32 Å². The summed E-state index contributed by atoms with van der Waals surface area (Å²) < 4.78 is 16.0. The third-order valence-electron chi connectivity index (χ3n) is 4.44. The molecule has 25 heavy (non-hydrogen) atoms. The molecule has 2 aromatic carbocycles. The van der Waals surface area contributed by atoms with E-state index in [0.29, 0.717) is 6.42 Å². The molecule has 1 N–H and O–H groups in total. The van der Waals surface area contributed by atoms with Crippen molar-refractivity contribution in [1.29, 1.82) is 0 Å². The van der Waals surface area contributed by atoms with Gasteiger partial charge in [-0.05, 0) is 41.8 Å². The molecule has 0 fully saturated rings. The first-order chi connectivity index (χ1) is 12.2. The lowest BCUT2D eigenvalue weighted by molar-refractivity contribution is -0.114. The Hall–Kier alpha value is -2.95. The average Bonchev–Trinajstić information content (AvgIpc) is 3.08. The quantitative estimate of drug-likeness (QED) is 0.870. The van der Waals surface area contributed by atoms with Crippen LogP contribution in [0.2, 0.25) is 0 Å². The zero-order valence-corrected chi connectivity index (χ0v) is 14.0. The second kappa shape index (κ2) is 6.51. The van der Waals surface area contributed by atoms with Crippen LogP contribution < -0.4 is 19.5 Å². The third kappa shape index (κ3) is 3.18. The van der Waals surface area contributed by atoms with Gasteiger partial charge in [-0.25, -0.2) is 0 Å². The van der Waals surface area contributed by atoms with E-state index in [9.17, 15) is 4.79 Å². The van der Waals surface area contributed by atoms with Gasteiger partial charge >= 0.3 is 0 Å². The second-order valence-electron chi connectivity index (χ2n) is 6.09. The van der Waals surface area contributed by atoms with Crippen molar-refractivity contribution in [2.45, 2.75) is 12.8 Å². The van der Waals surface area contributed by atoms with E-state index in [4.69, 9.17) is 14.2 Å². The molecule has 0 bridgehead atoms. The summed E-state index contributed by atoms with van der Waals surface area (Å²) in [5, 5.41) is 3.33. The van der Waals surface area contributed by atoms with Crippen molar-refractivity contribution >= 4 is 11.5 Å². The van der Waals surface area contributed by atoms with Gasteiger partial charge in [0.1, 0.15) is 5.75 Å². The molecule has 0 atom stereocenters. The molecule has 0 radical (unpaired) electrons. The van der Waals surface area contributed by atoms with Gasteiger partial charge < -0.3 is 19.5 Å². The summed E-state index contributed by atoms with van der Waals surface area (Å²) in [4.78, 5) is 12.5. The highest BCUT2D eigenvalue weighted by Crippen LogP contribution is 2.38. The van der Waals surface area contributed by atoms with Crippen LogP contribution in [0.25, 0.3) is 5.70 Å². The maximum atomic E-state index is 12.5.